The zero-order valence-corrected chi connectivity index (χ0v) is 15.6. The minimum atomic E-state index is -0.422. The average Bonchev–Trinajstić information content (AvgIpc) is 2.63. The van der Waals surface area contributed by atoms with Gasteiger partial charge in [-0.25, -0.2) is 14.8 Å². The molecule has 0 unspecified atom stereocenters. The molecule has 0 bridgehead atoms. The summed E-state index contributed by atoms with van der Waals surface area (Å²) < 4.78 is 5.21. The maximum absolute atomic E-state index is 12.2. The Kier molecular flexibility index (Phi) is 5.78. The van der Waals surface area contributed by atoms with Crippen molar-refractivity contribution in [3.05, 3.63) is 35.6 Å². The first-order chi connectivity index (χ1) is 12.5. The predicted molar refractivity (Wildman–Crippen MR) is 103 cm³/mol. The summed E-state index contributed by atoms with van der Waals surface area (Å²) >= 11 is 5.97. The van der Waals surface area contributed by atoms with Crippen LogP contribution in [0.5, 0.6) is 5.75 Å². The van der Waals surface area contributed by atoms with Gasteiger partial charge in [-0.2, -0.15) is 0 Å². The Labute approximate surface area is 157 Å². The van der Waals surface area contributed by atoms with Crippen LogP contribution in [0, 0.1) is 5.92 Å². The highest BCUT2D eigenvalue weighted by Gasteiger charge is 2.18. The van der Waals surface area contributed by atoms with Gasteiger partial charge in [0.1, 0.15) is 5.75 Å². The Morgan fingerprint density at radius 3 is 2.58 bits per heavy atom. The third-order valence-corrected chi connectivity index (χ3v) is 4.61. The number of rotatable bonds is 4. The molecule has 138 valence electrons. The van der Waals surface area contributed by atoms with Crippen LogP contribution in [0.3, 0.4) is 0 Å². The summed E-state index contributed by atoms with van der Waals surface area (Å²) in [6.45, 7) is 4.19. The van der Waals surface area contributed by atoms with Crippen molar-refractivity contribution < 1.29 is 9.53 Å². The number of methoxy groups -OCH3 is 1. The zero-order valence-electron chi connectivity index (χ0n) is 14.8. The maximum atomic E-state index is 12.2. The number of aromatic nitrogens is 2. The highest BCUT2D eigenvalue weighted by Crippen LogP contribution is 2.27. The highest BCUT2D eigenvalue weighted by atomic mass is 35.5. The number of halogens is 1. The summed E-state index contributed by atoms with van der Waals surface area (Å²) in [5.41, 5.74) is 0.995. The lowest BCUT2D eigenvalue weighted by atomic mass is 10.00. The number of carbonyl (C=O) groups excluding carboxylic acids is 1. The van der Waals surface area contributed by atoms with Crippen LogP contribution < -0.4 is 20.3 Å². The molecular formula is C18H22ClN5O2. The molecule has 0 saturated carbocycles. The van der Waals surface area contributed by atoms with Gasteiger partial charge in [-0.15, -0.1) is 0 Å². The number of ether oxygens (including phenoxy) is 1. The van der Waals surface area contributed by atoms with E-state index in [2.05, 4.69) is 32.4 Å². The van der Waals surface area contributed by atoms with Crippen molar-refractivity contribution in [2.75, 3.05) is 35.7 Å². The molecule has 1 saturated heterocycles. The fourth-order valence-corrected chi connectivity index (χ4v) is 2.99. The molecule has 3 rings (SSSR count). The smallest absolute Gasteiger partial charge is 0.323 e. The Morgan fingerprint density at radius 1 is 1.23 bits per heavy atom. The topological polar surface area (TPSA) is 79.4 Å². The average molecular weight is 376 g/mol. The van der Waals surface area contributed by atoms with Gasteiger partial charge in [0.25, 0.3) is 0 Å². The number of nitrogens with one attached hydrogen (secondary N) is 2. The second kappa shape index (κ2) is 8.23. The van der Waals surface area contributed by atoms with E-state index in [1.54, 1.807) is 30.6 Å². The summed E-state index contributed by atoms with van der Waals surface area (Å²) in [6, 6.07) is 4.58. The van der Waals surface area contributed by atoms with Gasteiger partial charge in [0.05, 0.1) is 30.9 Å². The van der Waals surface area contributed by atoms with Gasteiger partial charge in [0.15, 0.2) is 0 Å². The quantitative estimate of drug-likeness (QED) is 0.843. The third-order valence-electron chi connectivity index (χ3n) is 4.37. The van der Waals surface area contributed by atoms with Crippen molar-refractivity contribution in [3.8, 4) is 5.75 Å². The van der Waals surface area contributed by atoms with E-state index in [0.717, 1.165) is 31.8 Å². The van der Waals surface area contributed by atoms with E-state index in [1.807, 2.05) is 0 Å². The molecule has 0 atom stereocenters. The van der Waals surface area contributed by atoms with Crippen LogP contribution in [0.1, 0.15) is 19.8 Å². The molecule has 26 heavy (non-hydrogen) atoms. The predicted octanol–water partition coefficient (Wildman–Crippen LogP) is 4.02. The second-order valence-corrected chi connectivity index (χ2v) is 6.80. The van der Waals surface area contributed by atoms with Crippen LogP contribution >= 0.6 is 11.6 Å². The van der Waals surface area contributed by atoms with Gasteiger partial charge in [-0.1, -0.05) is 18.5 Å². The molecule has 2 aromatic rings. The van der Waals surface area contributed by atoms with Crippen LogP contribution in [-0.4, -0.2) is 36.2 Å². The van der Waals surface area contributed by atoms with E-state index in [0.29, 0.717) is 28.1 Å². The minimum absolute atomic E-state index is 0.422. The summed E-state index contributed by atoms with van der Waals surface area (Å²) in [7, 11) is 1.53. The Balaban J connectivity index is 1.60. The lowest BCUT2D eigenvalue weighted by molar-refractivity contribution is 0.262. The van der Waals surface area contributed by atoms with E-state index >= 15 is 0 Å². The number of piperidine rings is 1. The largest absolute Gasteiger partial charge is 0.495 e. The number of urea groups is 1. The first-order valence-corrected chi connectivity index (χ1v) is 8.91. The fourth-order valence-electron chi connectivity index (χ4n) is 2.82. The number of hydrogen-bond donors (Lipinski definition) is 2. The van der Waals surface area contributed by atoms with Gasteiger partial charge < -0.3 is 20.3 Å². The van der Waals surface area contributed by atoms with Crippen LogP contribution in [0.2, 0.25) is 5.02 Å². The van der Waals surface area contributed by atoms with E-state index in [-0.39, 0.29) is 0 Å². The van der Waals surface area contributed by atoms with Crippen LogP contribution in [0.15, 0.2) is 30.6 Å². The number of carbonyl (C=O) groups is 1. The van der Waals surface area contributed by atoms with E-state index in [1.165, 1.54) is 7.11 Å². The monoisotopic (exact) mass is 375 g/mol. The summed E-state index contributed by atoms with van der Waals surface area (Å²) in [5.74, 6) is 1.97. The molecular weight excluding hydrogens is 354 g/mol. The van der Waals surface area contributed by atoms with Crippen molar-refractivity contribution in [1.82, 2.24) is 9.97 Å². The van der Waals surface area contributed by atoms with Crippen LogP contribution in [0.4, 0.5) is 22.1 Å². The number of amides is 2. The molecule has 7 nitrogen and oxygen atoms in total. The summed E-state index contributed by atoms with van der Waals surface area (Å²) in [5, 5.41) is 5.92. The van der Waals surface area contributed by atoms with Crippen molar-refractivity contribution in [1.29, 1.82) is 0 Å². The van der Waals surface area contributed by atoms with E-state index in [9.17, 15) is 4.79 Å². The molecule has 8 heteroatoms. The minimum Gasteiger partial charge on any atom is -0.495 e. The van der Waals surface area contributed by atoms with E-state index in [4.69, 9.17) is 16.3 Å². The van der Waals surface area contributed by atoms with Crippen molar-refractivity contribution in [2.45, 2.75) is 19.8 Å². The molecule has 1 aliphatic rings. The van der Waals surface area contributed by atoms with E-state index < -0.39 is 6.03 Å². The summed E-state index contributed by atoms with van der Waals surface area (Å²) in [6.07, 6.45) is 5.50. The summed E-state index contributed by atoms with van der Waals surface area (Å²) in [4.78, 5) is 23.1. The fraction of sp³-hybridized carbons (Fsp3) is 0.389. The molecule has 1 aliphatic heterocycles. The van der Waals surface area contributed by atoms with Gasteiger partial charge in [0, 0.05) is 18.1 Å². The Hall–Kier alpha value is -2.54. The molecule has 2 amide bonds. The number of benzene rings is 1. The van der Waals surface area contributed by atoms with Crippen LogP contribution in [-0.2, 0) is 0 Å². The molecule has 0 radical (unpaired) electrons. The third kappa shape index (κ3) is 4.54. The van der Waals surface area contributed by atoms with Gasteiger partial charge in [-0.3, -0.25) is 0 Å². The Morgan fingerprint density at radius 2 is 1.92 bits per heavy atom. The molecule has 2 heterocycles. The SMILES string of the molecule is COc1ccc(Cl)cc1NC(=O)Nc1cnc(N2CCC(C)CC2)nc1. The van der Waals surface area contributed by atoms with Crippen molar-refractivity contribution in [2.24, 2.45) is 5.92 Å². The second-order valence-electron chi connectivity index (χ2n) is 6.37. The zero-order chi connectivity index (χ0) is 18.5. The Bertz CT molecular complexity index is 761. The number of anilines is 3. The molecule has 1 aromatic heterocycles. The maximum Gasteiger partial charge on any atom is 0.323 e. The number of nitrogens with zero attached hydrogens (tertiary/aromatic N) is 3. The molecule has 0 spiro atoms. The normalized spacial score (nSPS) is 14.8. The first-order valence-electron chi connectivity index (χ1n) is 8.53. The van der Waals surface area contributed by atoms with Crippen LogP contribution in [0.25, 0.3) is 0 Å². The number of hydrogen-bond acceptors (Lipinski definition) is 5. The lowest BCUT2D eigenvalue weighted by Gasteiger charge is -2.30. The first kappa shape index (κ1) is 18.3. The molecule has 2 N–H and O–H groups in total. The lowest BCUT2D eigenvalue weighted by Crippen LogP contribution is -2.34. The standard InChI is InChI=1S/C18H22ClN5O2/c1-12-5-7-24(8-6-12)17-20-10-14(11-21-17)22-18(25)23-15-9-13(19)3-4-16(15)26-2/h3-4,9-12H,5-8H2,1-2H3,(H2,22,23,25). The molecule has 1 aromatic carbocycles. The van der Waals surface area contributed by atoms with Gasteiger partial charge >= 0.3 is 6.03 Å². The van der Waals surface area contributed by atoms with Crippen molar-refractivity contribution in [3.63, 3.8) is 0 Å². The molecule has 0 aliphatic carbocycles. The van der Waals surface area contributed by atoms with Gasteiger partial charge in [0.2, 0.25) is 5.95 Å². The van der Waals surface area contributed by atoms with Crippen molar-refractivity contribution >= 4 is 35.0 Å². The van der Waals surface area contributed by atoms with Gasteiger partial charge in [-0.05, 0) is 37.0 Å². The highest BCUT2D eigenvalue weighted by molar-refractivity contribution is 6.31. The molecule has 1 fully saturated rings.